The van der Waals surface area contributed by atoms with E-state index in [1.165, 1.54) is 6.41 Å². The van der Waals surface area contributed by atoms with Crippen molar-refractivity contribution in [2.75, 3.05) is 12.3 Å². The fraction of sp³-hybridized carbons (Fsp3) is 0.875. The van der Waals surface area contributed by atoms with Gasteiger partial charge in [-0.25, -0.2) is 12.7 Å². The van der Waals surface area contributed by atoms with Crippen LogP contribution in [-0.4, -0.2) is 31.4 Å². The Morgan fingerprint density at radius 2 is 1.85 bits per heavy atom. The van der Waals surface area contributed by atoms with Crippen LogP contribution in [0.4, 0.5) is 0 Å². The highest BCUT2D eigenvalue weighted by molar-refractivity contribution is 7.89. The zero-order valence-electron chi connectivity index (χ0n) is 8.12. The highest BCUT2D eigenvalue weighted by Gasteiger charge is 2.18. The summed E-state index contributed by atoms with van der Waals surface area (Å²) in [5, 5.41) is 0. The SMILES string of the molecule is CCCCCS(=O)(=O)N([C]=O)CC. The largest absolute Gasteiger partial charge is 0.326 e. The summed E-state index contributed by atoms with van der Waals surface area (Å²) in [5.74, 6) is 0.0456. The molecule has 0 aliphatic heterocycles. The molecule has 0 aromatic heterocycles. The average Bonchev–Trinajstić information content (AvgIpc) is 2.06. The van der Waals surface area contributed by atoms with E-state index in [9.17, 15) is 13.2 Å². The number of unbranched alkanes of at least 4 members (excludes halogenated alkanes) is 2. The number of rotatable bonds is 7. The van der Waals surface area contributed by atoms with Gasteiger partial charge >= 0.3 is 6.41 Å². The van der Waals surface area contributed by atoms with Gasteiger partial charge in [0.2, 0.25) is 10.0 Å². The van der Waals surface area contributed by atoms with Crippen molar-refractivity contribution in [3.63, 3.8) is 0 Å². The lowest BCUT2D eigenvalue weighted by atomic mass is 10.3. The van der Waals surface area contributed by atoms with Crippen LogP contribution < -0.4 is 0 Å². The van der Waals surface area contributed by atoms with E-state index in [0.717, 1.165) is 17.1 Å². The fourth-order valence-electron chi connectivity index (χ4n) is 0.963. The molecular formula is C8H16NO3S. The minimum absolute atomic E-state index is 0.0456. The maximum absolute atomic E-state index is 11.3. The van der Waals surface area contributed by atoms with Gasteiger partial charge in [-0.05, 0) is 13.3 Å². The summed E-state index contributed by atoms with van der Waals surface area (Å²) in [4.78, 5) is 10.2. The third-order valence-corrected chi connectivity index (χ3v) is 3.54. The van der Waals surface area contributed by atoms with Crippen LogP contribution in [0.25, 0.3) is 0 Å². The first-order chi connectivity index (χ1) is 6.08. The van der Waals surface area contributed by atoms with Gasteiger partial charge in [0.1, 0.15) is 0 Å². The smallest absolute Gasteiger partial charge is 0.262 e. The Morgan fingerprint density at radius 3 is 2.23 bits per heavy atom. The van der Waals surface area contributed by atoms with Crippen LogP contribution in [-0.2, 0) is 14.8 Å². The van der Waals surface area contributed by atoms with Gasteiger partial charge in [-0.2, -0.15) is 0 Å². The Morgan fingerprint density at radius 1 is 1.23 bits per heavy atom. The number of carbonyl (C=O) groups excluding carboxylic acids is 1. The van der Waals surface area contributed by atoms with Crippen LogP contribution in [0, 0.1) is 0 Å². The topological polar surface area (TPSA) is 54.5 Å². The van der Waals surface area contributed by atoms with E-state index in [-0.39, 0.29) is 12.3 Å². The molecular weight excluding hydrogens is 190 g/mol. The van der Waals surface area contributed by atoms with E-state index >= 15 is 0 Å². The van der Waals surface area contributed by atoms with Crippen LogP contribution >= 0.6 is 0 Å². The van der Waals surface area contributed by atoms with Crippen LogP contribution in [0.15, 0.2) is 0 Å². The fourth-order valence-corrected chi connectivity index (χ4v) is 2.26. The molecule has 5 heteroatoms. The van der Waals surface area contributed by atoms with E-state index in [2.05, 4.69) is 0 Å². The maximum Gasteiger partial charge on any atom is 0.326 e. The van der Waals surface area contributed by atoms with Crippen molar-refractivity contribution >= 4 is 16.4 Å². The molecule has 0 atom stereocenters. The molecule has 0 spiro atoms. The Kier molecular flexibility index (Phi) is 5.70. The normalized spacial score (nSPS) is 11.2. The number of sulfonamides is 1. The molecule has 77 valence electrons. The molecule has 4 nitrogen and oxygen atoms in total. The molecule has 0 fully saturated rings. The molecule has 0 aliphatic rings. The summed E-state index contributed by atoms with van der Waals surface area (Å²) in [6.07, 6.45) is 3.86. The minimum atomic E-state index is -3.39. The zero-order valence-corrected chi connectivity index (χ0v) is 8.93. The van der Waals surface area contributed by atoms with Crippen molar-refractivity contribution in [2.45, 2.75) is 33.1 Å². The van der Waals surface area contributed by atoms with Gasteiger partial charge < -0.3 is 0 Å². The second-order valence-electron chi connectivity index (χ2n) is 2.78. The molecule has 0 aliphatic carbocycles. The van der Waals surface area contributed by atoms with Crippen LogP contribution in [0.2, 0.25) is 0 Å². The van der Waals surface area contributed by atoms with Crippen molar-refractivity contribution in [3.8, 4) is 0 Å². The monoisotopic (exact) mass is 206 g/mol. The lowest BCUT2D eigenvalue weighted by Crippen LogP contribution is -2.31. The zero-order chi connectivity index (χ0) is 10.3. The molecule has 0 unspecified atom stereocenters. The molecule has 1 amide bonds. The third-order valence-electron chi connectivity index (χ3n) is 1.73. The molecule has 0 N–H and O–H groups in total. The van der Waals surface area contributed by atoms with Crippen molar-refractivity contribution in [1.82, 2.24) is 4.31 Å². The van der Waals surface area contributed by atoms with E-state index in [4.69, 9.17) is 0 Å². The van der Waals surface area contributed by atoms with Gasteiger partial charge in [0.05, 0.1) is 5.75 Å². The molecule has 0 aromatic rings. The molecule has 0 rings (SSSR count). The molecule has 0 aromatic carbocycles. The second kappa shape index (κ2) is 5.96. The van der Waals surface area contributed by atoms with Crippen LogP contribution in [0.5, 0.6) is 0 Å². The Balaban J connectivity index is 4.13. The quantitative estimate of drug-likeness (QED) is 0.459. The first kappa shape index (κ1) is 12.4. The summed E-state index contributed by atoms with van der Waals surface area (Å²) < 4.78 is 23.4. The highest BCUT2D eigenvalue weighted by Crippen LogP contribution is 2.03. The molecule has 0 heterocycles. The second-order valence-corrected chi connectivity index (χ2v) is 4.79. The summed E-state index contributed by atoms with van der Waals surface area (Å²) in [7, 11) is -3.39. The Bertz CT molecular complexity index is 236. The number of hydrogen-bond donors (Lipinski definition) is 0. The molecule has 0 saturated heterocycles. The van der Waals surface area contributed by atoms with Gasteiger partial charge in [-0.15, -0.1) is 0 Å². The Labute approximate surface area is 80.0 Å². The van der Waals surface area contributed by atoms with Crippen molar-refractivity contribution in [3.05, 3.63) is 0 Å². The van der Waals surface area contributed by atoms with Crippen LogP contribution in [0.3, 0.4) is 0 Å². The minimum Gasteiger partial charge on any atom is -0.262 e. The van der Waals surface area contributed by atoms with E-state index < -0.39 is 10.0 Å². The standard InChI is InChI=1S/C8H16NO3S/c1-3-5-6-7-13(11,12)9(4-2)8-10/h3-7H2,1-2H3. The van der Waals surface area contributed by atoms with Crippen LogP contribution in [0.1, 0.15) is 33.1 Å². The highest BCUT2D eigenvalue weighted by atomic mass is 32.2. The molecule has 1 radical (unpaired) electrons. The summed E-state index contributed by atoms with van der Waals surface area (Å²) in [6.45, 7) is 3.77. The molecule has 0 bridgehead atoms. The third kappa shape index (κ3) is 4.26. The van der Waals surface area contributed by atoms with Crippen molar-refractivity contribution < 1.29 is 13.2 Å². The number of nitrogens with zero attached hydrogens (tertiary/aromatic N) is 1. The van der Waals surface area contributed by atoms with Crippen molar-refractivity contribution in [1.29, 1.82) is 0 Å². The Hall–Kier alpha value is -0.580. The molecule has 13 heavy (non-hydrogen) atoms. The lowest BCUT2D eigenvalue weighted by molar-refractivity contribution is 0.477. The summed E-state index contributed by atoms with van der Waals surface area (Å²) in [6, 6.07) is 0. The van der Waals surface area contributed by atoms with Gasteiger partial charge in [0.15, 0.2) is 0 Å². The number of hydrogen-bond acceptors (Lipinski definition) is 3. The van der Waals surface area contributed by atoms with Gasteiger partial charge in [-0.3, -0.25) is 4.79 Å². The van der Waals surface area contributed by atoms with Gasteiger partial charge in [0.25, 0.3) is 0 Å². The first-order valence-electron chi connectivity index (χ1n) is 4.46. The van der Waals surface area contributed by atoms with E-state index in [1.807, 2.05) is 6.92 Å². The summed E-state index contributed by atoms with van der Waals surface area (Å²) in [5.41, 5.74) is 0. The average molecular weight is 206 g/mol. The summed E-state index contributed by atoms with van der Waals surface area (Å²) >= 11 is 0. The van der Waals surface area contributed by atoms with E-state index in [0.29, 0.717) is 6.42 Å². The van der Waals surface area contributed by atoms with Gasteiger partial charge in [0, 0.05) is 6.54 Å². The first-order valence-corrected chi connectivity index (χ1v) is 6.07. The van der Waals surface area contributed by atoms with Crippen molar-refractivity contribution in [2.24, 2.45) is 0 Å². The molecule has 0 saturated carbocycles. The predicted octanol–water partition coefficient (Wildman–Crippen LogP) is 0.896. The van der Waals surface area contributed by atoms with E-state index in [1.54, 1.807) is 6.92 Å². The van der Waals surface area contributed by atoms with Gasteiger partial charge in [-0.1, -0.05) is 19.8 Å². The maximum atomic E-state index is 11.3. The predicted molar refractivity (Wildman–Crippen MR) is 51.4 cm³/mol. The number of amides is 1. The lowest BCUT2D eigenvalue weighted by Gasteiger charge is -2.13.